The lowest BCUT2D eigenvalue weighted by atomic mass is 10.1. The Morgan fingerprint density at radius 3 is 2.90 bits per heavy atom. The number of halogens is 1. The van der Waals surface area contributed by atoms with E-state index in [-0.39, 0.29) is 30.5 Å². The minimum Gasteiger partial charge on any atom is -0.396 e. The molecule has 1 fully saturated rings. The topological polar surface area (TPSA) is 105 Å². The fourth-order valence-corrected chi connectivity index (χ4v) is 2.62. The Morgan fingerprint density at radius 1 is 1.40 bits per heavy atom. The Labute approximate surface area is 121 Å². The van der Waals surface area contributed by atoms with Crippen LogP contribution in [0.4, 0.5) is 0 Å². The van der Waals surface area contributed by atoms with Crippen LogP contribution in [0.5, 0.6) is 0 Å². The highest BCUT2D eigenvalue weighted by Gasteiger charge is 2.30. The largest absolute Gasteiger partial charge is 0.396 e. The molecule has 8 heteroatoms. The maximum atomic E-state index is 11.6. The third-order valence-electron chi connectivity index (χ3n) is 3.66. The summed E-state index contributed by atoms with van der Waals surface area (Å²) in [5.41, 5.74) is 1.86. The highest BCUT2D eigenvalue weighted by molar-refractivity contribution is 5.85. The van der Waals surface area contributed by atoms with Crippen LogP contribution in [0.1, 0.15) is 5.56 Å². The van der Waals surface area contributed by atoms with Crippen molar-refractivity contribution in [1.29, 1.82) is 0 Å². The van der Waals surface area contributed by atoms with Gasteiger partial charge in [0.1, 0.15) is 5.52 Å². The van der Waals surface area contributed by atoms with Crippen LogP contribution in [0.2, 0.25) is 0 Å². The number of rotatable bonds is 3. The van der Waals surface area contributed by atoms with E-state index in [1.807, 2.05) is 0 Å². The van der Waals surface area contributed by atoms with E-state index in [1.54, 1.807) is 6.20 Å². The van der Waals surface area contributed by atoms with E-state index >= 15 is 0 Å². The zero-order valence-corrected chi connectivity index (χ0v) is 11.6. The fraction of sp³-hybridized carbons (Fsp3) is 0.500. The number of β-amino-alcohol motifs (C(OH)–C–C–N with tert-alkyl or cyclic N) is 1. The first kappa shape index (κ1) is 15.0. The maximum Gasteiger partial charge on any atom is 0.275 e. The molecular weight excluding hydrogens is 284 g/mol. The Hall–Kier alpha value is -1.41. The quantitative estimate of drug-likeness (QED) is 0.609. The molecule has 0 radical (unpaired) electrons. The summed E-state index contributed by atoms with van der Waals surface area (Å²) >= 11 is 0. The number of fused-ring (bicyclic) bond motifs is 1. The zero-order valence-electron chi connectivity index (χ0n) is 10.7. The van der Waals surface area contributed by atoms with Crippen molar-refractivity contribution in [3.05, 3.63) is 28.4 Å². The van der Waals surface area contributed by atoms with Gasteiger partial charge in [-0.2, -0.15) is 0 Å². The van der Waals surface area contributed by atoms with Gasteiger partial charge >= 0.3 is 0 Å². The minimum absolute atomic E-state index is 0. The Morgan fingerprint density at radius 2 is 2.20 bits per heavy atom. The molecular formula is C12H17ClN4O3. The molecule has 2 aromatic rings. The molecule has 0 aromatic carbocycles. The van der Waals surface area contributed by atoms with Gasteiger partial charge in [-0.15, -0.1) is 12.4 Å². The number of aliphatic hydroxyl groups excluding tert-OH is 2. The standard InChI is InChI=1S/C12H16N4O3.ClH/c17-5-8-3-16(4-9(8)18)2-7-1-13-11-10(7)14-6-15-12(11)19;/h1,6,8-9,13,17-18H,2-5H2,(H,14,15,19);1H/t8-,9+;/m1./s1. The SMILES string of the molecule is Cl.O=c1[nH]cnc2c(CN3C[C@H](CO)[C@@H](O)C3)c[nH]c12. The number of aromatic nitrogens is 3. The van der Waals surface area contributed by atoms with Gasteiger partial charge in [0, 0.05) is 43.9 Å². The molecule has 3 rings (SSSR count). The maximum absolute atomic E-state index is 11.6. The first-order chi connectivity index (χ1) is 9.19. The number of likely N-dealkylation sites (tertiary alicyclic amines) is 1. The van der Waals surface area contributed by atoms with E-state index < -0.39 is 6.10 Å². The predicted octanol–water partition coefficient (Wildman–Crippen LogP) is -0.542. The number of H-pyrrole nitrogens is 2. The summed E-state index contributed by atoms with van der Waals surface area (Å²) in [6.45, 7) is 1.77. The first-order valence-electron chi connectivity index (χ1n) is 6.24. The van der Waals surface area contributed by atoms with Crippen LogP contribution in [0.3, 0.4) is 0 Å². The molecule has 1 aliphatic heterocycles. The van der Waals surface area contributed by atoms with Gasteiger partial charge in [-0.25, -0.2) is 4.98 Å². The lowest BCUT2D eigenvalue weighted by molar-refractivity contribution is 0.103. The third-order valence-corrected chi connectivity index (χ3v) is 3.66. The molecule has 20 heavy (non-hydrogen) atoms. The van der Waals surface area contributed by atoms with Crippen LogP contribution in [-0.2, 0) is 6.54 Å². The number of nitrogens with zero attached hydrogens (tertiary/aromatic N) is 2. The molecule has 0 spiro atoms. The van der Waals surface area contributed by atoms with Gasteiger partial charge in [0.2, 0.25) is 0 Å². The molecule has 0 aliphatic carbocycles. The number of hydrogen-bond acceptors (Lipinski definition) is 5. The molecule has 1 aliphatic rings. The second-order valence-corrected chi connectivity index (χ2v) is 4.97. The van der Waals surface area contributed by atoms with E-state index in [2.05, 4.69) is 19.9 Å². The number of aliphatic hydroxyl groups is 2. The van der Waals surface area contributed by atoms with Gasteiger partial charge in [0.25, 0.3) is 5.56 Å². The van der Waals surface area contributed by atoms with Gasteiger partial charge in [-0.3, -0.25) is 9.69 Å². The molecule has 1 saturated heterocycles. The van der Waals surface area contributed by atoms with Gasteiger partial charge < -0.3 is 20.2 Å². The smallest absolute Gasteiger partial charge is 0.275 e. The highest BCUT2D eigenvalue weighted by Crippen LogP contribution is 2.21. The van der Waals surface area contributed by atoms with Crippen molar-refractivity contribution in [3.63, 3.8) is 0 Å². The lowest BCUT2D eigenvalue weighted by Gasteiger charge is -2.13. The van der Waals surface area contributed by atoms with Crippen LogP contribution in [0.25, 0.3) is 11.0 Å². The molecule has 0 saturated carbocycles. The van der Waals surface area contributed by atoms with Crippen LogP contribution in [0.15, 0.2) is 17.3 Å². The average Bonchev–Trinajstić information content (AvgIpc) is 2.95. The van der Waals surface area contributed by atoms with Crippen molar-refractivity contribution >= 4 is 23.4 Å². The van der Waals surface area contributed by atoms with E-state index in [4.69, 9.17) is 5.11 Å². The summed E-state index contributed by atoms with van der Waals surface area (Å²) in [6, 6.07) is 0. The summed E-state index contributed by atoms with van der Waals surface area (Å²) in [5.74, 6) is -0.0958. The Balaban J connectivity index is 0.00000147. The normalized spacial score (nSPS) is 23.1. The monoisotopic (exact) mass is 300 g/mol. The fourth-order valence-electron chi connectivity index (χ4n) is 2.62. The summed E-state index contributed by atoms with van der Waals surface area (Å²) in [6.07, 6.45) is 2.66. The van der Waals surface area contributed by atoms with E-state index in [1.165, 1.54) is 6.33 Å². The predicted molar refractivity (Wildman–Crippen MR) is 75.8 cm³/mol. The van der Waals surface area contributed by atoms with Crippen molar-refractivity contribution in [2.45, 2.75) is 12.6 Å². The van der Waals surface area contributed by atoms with Crippen LogP contribution >= 0.6 is 12.4 Å². The average molecular weight is 301 g/mol. The first-order valence-corrected chi connectivity index (χ1v) is 6.24. The van der Waals surface area contributed by atoms with Gasteiger partial charge in [0.15, 0.2) is 0 Å². The van der Waals surface area contributed by atoms with Gasteiger partial charge in [-0.05, 0) is 0 Å². The van der Waals surface area contributed by atoms with Crippen molar-refractivity contribution < 1.29 is 10.2 Å². The Kier molecular flexibility index (Phi) is 4.44. The van der Waals surface area contributed by atoms with Crippen LogP contribution in [-0.4, -0.2) is 55.9 Å². The molecule has 0 bridgehead atoms. The van der Waals surface area contributed by atoms with Crippen molar-refractivity contribution in [1.82, 2.24) is 19.9 Å². The lowest BCUT2D eigenvalue weighted by Crippen LogP contribution is -2.21. The summed E-state index contributed by atoms with van der Waals surface area (Å²) in [4.78, 5) is 23.2. The summed E-state index contributed by atoms with van der Waals surface area (Å²) in [5, 5.41) is 18.9. The second kappa shape index (κ2) is 5.92. The van der Waals surface area contributed by atoms with Gasteiger partial charge in [-0.1, -0.05) is 0 Å². The van der Waals surface area contributed by atoms with E-state index in [0.29, 0.717) is 30.7 Å². The molecule has 4 N–H and O–H groups in total. The second-order valence-electron chi connectivity index (χ2n) is 4.97. The highest BCUT2D eigenvalue weighted by atomic mass is 35.5. The number of aromatic amines is 2. The molecule has 2 aromatic heterocycles. The molecule has 2 atom stereocenters. The third kappa shape index (κ3) is 2.57. The Bertz CT molecular complexity index is 641. The van der Waals surface area contributed by atoms with Crippen molar-refractivity contribution in [2.24, 2.45) is 5.92 Å². The van der Waals surface area contributed by atoms with E-state index in [0.717, 1.165) is 5.56 Å². The van der Waals surface area contributed by atoms with Crippen molar-refractivity contribution in [2.75, 3.05) is 19.7 Å². The number of nitrogens with one attached hydrogen (secondary N) is 2. The molecule has 7 nitrogen and oxygen atoms in total. The summed E-state index contributed by atoms with van der Waals surface area (Å²) < 4.78 is 0. The summed E-state index contributed by atoms with van der Waals surface area (Å²) in [7, 11) is 0. The van der Waals surface area contributed by atoms with Crippen LogP contribution < -0.4 is 5.56 Å². The van der Waals surface area contributed by atoms with E-state index in [9.17, 15) is 9.90 Å². The van der Waals surface area contributed by atoms with Crippen LogP contribution in [0, 0.1) is 5.92 Å². The molecule has 0 amide bonds. The van der Waals surface area contributed by atoms with Crippen molar-refractivity contribution in [3.8, 4) is 0 Å². The molecule has 0 unspecified atom stereocenters. The molecule has 110 valence electrons. The number of hydrogen-bond donors (Lipinski definition) is 4. The zero-order chi connectivity index (χ0) is 13.4. The molecule has 3 heterocycles. The minimum atomic E-state index is -0.494. The van der Waals surface area contributed by atoms with Gasteiger partial charge in [0.05, 0.1) is 17.9 Å².